The number of hydrogen-bond acceptors (Lipinski definition) is 3. The highest BCUT2D eigenvalue weighted by Gasteiger charge is 2.32. The summed E-state index contributed by atoms with van der Waals surface area (Å²) < 4.78 is 0. The van der Waals surface area contributed by atoms with Crippen molar-refractivity contribution < 1.29 is 5.11 Å². The molecule has 0 aromatic heterocycles. The molecule has 0 bridgehead atoms. The van der Waals surface area contributed by atoms with Gasteiger partial charge in [-0.1, -0.05) is 26.2 Å². The van der Waals surface area contributed by atoms with Crippen molar-refractivity contribution in [2.75, 3.05) is 26.7 Å². The van der Waals surface area contributed by atoms with Crippen LogP contribution in [0.4, 0.5) is 0 Å². The van der Waals surface area contributed by atoms with Gasteiger partial charge in [0.25, 0.3) is 0 Å². The highest BCUT2D eigenvalue weighted by Crippen LogP contribution is 2.31. The molecule has 0 radical (unpaired) electrons. The molecule has 1 saturated carbocycles. The average molecular weight is 268 g/mol. The van der Waals surface area contributed by atoms with E-state index in [2.05, 4.69) is 24.2 Å². The molecule has 3 heteroatoms. The third-order valence-electron chi connectivity index (χ3n) is 5.10. The van der Waals surface area contributed by atoms with E-state index in [9.17, 15) is 5.11 Å². The zero-order chi connectivity index (χ0) is 13.7. The summed E-state index contributed by atoms with van der Waals surface area (Å²) in [6.07, 6.45) is 9.74. The highest BCUT2D eigenvalue weighted by molar-refractivity contribution is 4.87. The van der Waals surface area contributed by atoms with Gasteiger partial charge in [0.1, 0.15) is 0 Å². The monoisotopic (exact) mass is 268 g/mol. The Morgan fingerprint density at radius 2 is 2.11 bits per heavy atom. The second-order valence-electron chi connectivity index (χ2n) is 7.02. The van der Waals surface area contributed by atoms with Gasteiger partial charge in [-0.15, -0.1) is 0 Å². The molecule has 3 unspecified atom stereocenters. The molecule has 3 atom stereocenters. The van der Waals surface area contributed by atoms with E-state index in [0.717, 1.165) is 32.0 Å². The van der Waals surface area contributed by atoms with Gasteiger partial charge in [0.05, 0.1) is 5.60 Å². The summed E-state index contributed by atoms with van der Waals surface area (Å²) in [6.45, 7) is 5.35. The Labute approximate surface area is 118 Å². The molecule has 112 valence electrons. The molecule has 2 fully saturated rings. The van der Waals surface area contributed by atoms with Gasteiger partial charge in [-0.05, 0) is 58.2 Å². The van der Waals surface area contributed by atoms with Crippen molar-refractivity contribution in [2.24, 2.45) is 5.92 Å². The molecule has 2 N–H and O–H groups in total. The van der Waals surface area contributed by atoms with E-state index in [1.807, 2.05) is 0 Å². The number of rotatable bonds is 5. The Bertz CT molecular complexity index is 271. The Morgan fingerprint density at radius 1 is 1.26 bits per heavy atom. The molecule has 3 nitrogen and oxygen atoms in total. The molecular weight excluding hydrogens is 236 g/mol. The lowest BCUT2D eigenvalue weighted by atomic mass is 9.79. The Balaban J connectivity index is 1.63. The lowest BCUT2D eigenvalue weighted by Crippen LogP contribution is -2.45. The summed E-state index contributed by atoms with van der Waals surface area (Å²) in [7, 11) is 2.25. The lowest BCUT2D eigenvalue weighted by molar-refractivity contribution is -0.0119. The minimum absolute atomic E-state index is 0.434. The maximum absolute atomic E-state index is 10.6. The minimum atomic E-state index is -0.434. The molecule has 1 aliphatic carbocycles. The van der Waals surface area contributed by atoms with Crippen molar-refractivity contribution in [3.05, 3.63) is 0 Å². The zero-order valence-corrected chi connectivity index (χ0v) is 12.8. The summed E-state index contributed by atoms with van der Waals surface area (Å²) in [4.78, 5) is 2.50. The van der Waals surface area contributed by atoms with Crippen LogP contribution in [0.1, 0.15) is 58.3 Å². The molecule has 1 aliphatic heterocycles. The molecule has 0 aromatic rings. The Hall–Kier alpha value is -0.120. The van der Waals surface area contributed by atoms with Gasteiger partial charge >= 0.3 is 0 Å². The number of nitrogens with one attached hydrogen (secondary N) is 1. The van der Waals surface area contributed by atoms with E-state index < -0.39 is 5.60 Å². The van der Waals surface area contributed by atoms with Crippen LogP contribution in [-0.4, -0.2) is 48.3 Å². The predicted octanol–water partition coefficient (Wildman–Crippen LogP) is 2.39. The number of piperidine rings is 1. The maximum Gasteiger partial charge on any atom is 0.0774 e. The largest absolute Gasteiger partial charge is 0.389 e. The first-order valence-corrected chi connectivity index (χ1v) is 8.22. The summed E-state index contributed by atoms with van der Waals surface area (Å²) >= 11 is 0. The molecule has 1 heterocycles. The standard InChI is InChI=1S/C16H32N2O/c1-14-6-5-9-16(19,12-14)13-17-10-8-15-7-3-4-11-18(15)2/h14-15,17,19H,3-13H2,1-2H3. The van der Waals surface area contributed by atoms with Crippen LogP contribution in [0.15, 0.2) is 0 Å². The predicted molar refractivity (Wildman–Crippen MR) is 80.3 cm³/mol. The second-order valence-corrected chi connectivity index (χ2v) is 7.02. The number of hydrogen-bond donors (Lipinski definition) is 2. The zero-order valence-electron chi connectivity index (χ0n) is 12.8. The van der Waals surface area contributed by atoms with Crippen molar-refractivity contribution >= 4 is 0 Å². The second kappa shape index (κ2) is 7.05. The van der Waals surface area contributed by atoms with Crippen LogP contribution in [0.5, 0.6) is 0 Å². The topological polar surface area (TPSA) is 35.5 Å². The molecular formula is C16H32N2O. The Kier molecular flexibility index (Phi) is 5.67. The van der Waals surface area contributed by atoms with Gasteiger partial charge in [-0.2, -0.15) is 0 Å². The van der Waals surface area contributed by atoms with Crippen LogP contribution < -0.4 is 5.32 Å². The fourth-order valence-electron chi connectivity index (χ4n) is 3.89. The van der Waals surface area contributed by atoms with E-state index in [1.54, 1.807) is 0 Å². The van der Waals surface area contributed by atoms with Crippen molar-refractivity contribution in [3.8, 4) is 0 Å². The highest BCUT2D eigenvalue weighted by atomic mass is 16.3. The van der Waals surface area contributed by atoms with Crippen molar-refractivity contribution in [1.82, 2.24) is 10.2 Å². The summed E-state index contributed by atoms with van der Waals surface area (Å²) in [6, 6.07) is 0.751. The van der Waals surface area contributed by atoms with E-state index >= 15 is 0 Å². The average Bonchev–Trinajstić information content (AvgIpc) is 2.36. The first kappa shape index (κ1) is 15.3. The van der Waals surface area contributed by atoms with Crippen LogP contribution in [0.2, 0.25) is 0 Å². The third kappa shape index (κ3) is 4.73. The molecule has 2 rings (SSSR count). The van der Waals surface area contributed by atoms with Gasteiger partial charge in [0, 0.05) is 12.6 Å². The fraction of sp³-hybridized carbons (Fsp3) is 1.00. The van der Waals surface area contributed by atoms with Crippen LogP contribution in [0, 0.1) is 5.92 Å². The van der Waals surface area contributed by atoms with Crippen LogP contribution >= 0.6 is 0 Å². The first-order valence-electron chi connectivity index (χ1n) is 8.22. The van der Waals surface area contributed by atoms with E-state index in [1.165, 1.54) is 45.1 Å². The van der Waals surface area contributed by atoms with Gasteiger partial charge in [-0.25, -0.2) is 0 Å². The molecule has 0 amide bonds. The van der Waals surface area contributed by atoms with E-state index in [-0.39, 0.29) is 0 Å². The van der Waals surface area contributed by atoms with Gasteiger partial charge < -0.3 is 15.3 Å². The smallest absolute Gasteiger partial charge is 0.0774 e. The number of nitrogens with zero attached hydrogens (tertiary/aromatic N) is 1. The molecule has 1 saturated heterocycles. The van der Waals surface area contributed by atoms with Gasteiger partial charge in [0.15, 0.2) is 0 Å². The van der Waals surface area contributed by atoms with Crippen LogP contribution in [0.25, 0.3) is 0 Å². The lowest BCUT2D eigenvalue weighted by Gasteiger charge is -2.36. The number of likely N-dealkylation sites (tertiary alicyclic amines) is 1. The molecule has 2 aliphatic rings. The first-order chi connectivity index (χ1) is 9.09. The minimum Gasteiger partial charge on any atom is -0.389 e. The molecule has 0 aromatic carbocycles. The maximum atomic E-state index is 10.6. The summed E-state index contributed by atoms with van der Waals surface area (Å²) in [5.74, 6) is 0.685. The quantitative estimate of drug-likeness (QED) is 0.752. The number of aliphatic hydroxyl groups is 1. The normalized spacial score (nSPS) is 37.4. The van der Waals surface area contributed by atoms with Gasteiger partial charge in [-0.3, -0.25) is 0 Å². The van der Waals surface area contributed by atoms with Crippen molar-refractivity contribution in [3.63, 3.8) is 0 Å². The van der Waals surface area contributed by atoms with Crippen molar-refractivity contribution in [2.45, 2.75) is 69.9 Å². The third-order valence-corrected chi connectivity index (χ3v) is 5.10. The summed E-state index contributed by atoms with van der Waals surface area (Å²) in [5, 5.41) is 14.1. The van der Waals surface area contributed by atoms with Gasteiger partial charge in [0.2, 0.25) is 0 Å². The summed E-state index contributed by atoms with van der Waals surface area (Å²) in [5.41, 5.74) is -0.434. The molecule has 19 heavy (non-hydrogen) atoms. The fourth-order valence-corrected chi connectivity index (χ4v) is 3.89. The Morgan fingerprint density at radius 3 is 2.84 bits per heavy atom. The SMILES string of the molecule is CC1CCCC(O)(CNCCC2CCCCN2C)C1. The van der Waals surface area contributed by atoms with Crippen LogP contribution in [-0.2, 0) is 0 Å². The van der Waals surface area contributed by atoms with Crippen molar-refractivity contribution in [1.29, 1.82) is 0 Å². The van der Waals surface area contributed by atoms with E-state index in [0.29, 0.717) is 5.92 Å². The molecule has 0 spiro atoms. The van der Waals surface area contributed by atoms with Crippen LogP contribution in [0.3, 0.4) is 0 Å². The van der Waals surface area contributed by atoms with E-state index in [4.69, 9.17) is 0 Å².